The molecular formula is C54H84Br2N2O4. The normalized spacial score (nSPS) is 14.8. The molecule has 0 N–H and O–H groups in total. The third-order valence-corrected chi connectivity index (χ3v) is 15.2. The van der Waals surface area contributed by atoms with Crippen molar-refractivity contribution in [2.45, 2.75) is 233 Å². The molecule has 6 nitrogen and oxygen atoms in total. The lowest BCUT2D eigenvalue weighted by molar-refractivity contribution is 0.0555. The molecule has 0 saturated carbocycles. The van der Waals surface area contributed by atoms with Gasteiger partial charge in [-0.2, -0.15) is 0 Å². The first-order valence-electron chi connectivity index (χ1n) is 25.9. The summed E-state index contributed by atoms with van der Waals surface area (Å²) in [6, 6.07) is 3.50. The topological polar surface area (TPSA) is 74.8 Å². The number of hydrogen-bond donors (Lipinski definition) is 0. The number of carbonyl (C=O) groups is 4. The smallest absolute Gasteiger partial charge is 0.262 e. The van der Waals surface area contributed by atoms with Crippen LogP contribution in [0.4, 0.5) is 0 Å². The van der Waals surface area contributed by atoms with E-state index in [4.69, 9.17) is 0 Å². The molecule has 2 heterocycles. The van der Waals surface area contributed by atoms with Crippen molar-refractivity contribution in [2.24, 2.45) is 11.8 Å². The Bertz CT molecular complexity index is 1630. The third kappa shape index (κ3) is 15.5. The van der Waals surface area contributed by atoms with Gasteiger partial charge in [-0.3, -0.25) is 29.0 Å². The fourth-order valence-corrected chi connectivity index (χ4v) is 11.3. The summed E-state index contributed by atoms with van der Waals surface area (Å²) in [4.78, 5) is 61.2. The Morgan fingerprint density at radius 2 is 0.629 bits per heavy atom. The maximum atomic E-state index is 14.6. The van der Waals surface area contributed by atoms with E-state index in [1.165, 1.54) is 164 Å². The average Bonchev–Trinajstić information content (AvgIpc) is 3.26. The molecule has 4 rings (SSSR count). The zero-order chi connectivity index (χ0) is 44.7. The van der Waals surface area contributed by atoms with Gasteiger partial charge in [0, 0.05) is 43.9 Å². The summed E-state index contributed by atoms with van der Waals surface area (Å²) in [7, 11) is 0. The number of amides is 4. The van der Waals surface area contributed by atoms with E-state index in [2.05, 4.69) is 59.6 Å². The molecule has 4 amide bonds. The maximum Gasteiger partial charge on any atom is 0.262 e. The standard InChI is InChI=1S/C54H84Br2N2O4/c1-5-9-13-17-21-23-27-31-34-41(33-29-25-19-15-11-7-3)39-57-51(59)43-37-45(55)48-50-47(43)44(52(57)60)38-46(56)49(50)54(62)58(53(48)61)40-42(35-30-26-20-16-12-8-4)36-32-28-24-22-18-14-10-6-2/h37-38,41-42H,5-36,39-40H2,1-4H3. The van der Waals surface area contributed by atoms with Gasteiger partial charge in [0.2, 0.25) is 0 Å². The number of unbranched alkanes of at least 4 members (excludes halogenated alkanes) is 24. The minimum absolute atomic E-state index is 0.230. The second kappa shape index (κ2) is 29.5. The van der Waals surface area contributed by atoms with Crippen molar-refractivity contribution in [3.63, 3.8) is 0 Å². The number of imide groups is 2. The molecule has 348 valence electrons. The van der Waals surface area contributed by atoms with E-state index in [0.717, 1.165) is 51.4 Å². The van der Waals surface area contributed by atoms with Crippen molar-refractivity contribution >= 4 is 66.3 Å². The predicted molar refractivity (Wildman–Crippen MR) is 268 cm³/mol. The highest BCUT2D eigenvalue weighted by Crippen LogP contribution is 2.45. The Balaban J connectivity index is 1.53. The highest BCUT2D eigenvalue weighted by Gasteiger charge is 2.43. The molecule has 8 heteroatoms. The van der Waals surface area contributed by atoms with Crippen LogP contribution in [0.2, 0.25) is 0 Å². The minimum atomic E-state index is -0.333. The van der Waals surface area contributed by atoms with Gasteiger partial charge in [-0.25, -0.2) is 0 Å². The predicted octanol–water partition coefficient (Wildman–Crippen LogP) is 17.4. The van der Waals surface area contributed by atoms with Gasteiger partial charge in [0.1, 0.15) is 0 Å². The molecule has 2 aromatic rings. The van der Waals surface area contributed by atoms with Crippen LogP contribution in [-0.4, -0.2) is 46.5 Å². The van der Waals surface area contributed by atoms with Gasteiger partial charge in [-0.15, -0.1) is 0 Å². The molecule has 0 bridgehead atoms. The van der Waals surface area contributed by atoms with Crippen LogP contribution in [0.3, 0.4) is 0 Å². The lowest BCUT2D eigenvalue weighted by Crippen LogP contribution is -2.46. The van der Waals surface area contributed by atoms with Crippen LogP contribution in [0.25, 0.3) is 10.8 Å². The monoisotopic (exact) mass is 982 g/mol. The van der Waals surface area contributed by atoms with Crippen LogP contribution >= 0.6 is 31.9 Å². The second-order valence-electron chi connectivity index (χ2n) is 19.1. The van der Waals surface area contributed by atoms with E-state index >= 15 is 0 Å². The van der Waals surface area contributed by atoms with Gasteiger partial charge in [0.25, 0.3) is 23.6 Å². The van der Waals surface area contributed by atoms with Crippen molar-refractivity contribution in [1.29, 1.82) is 0 Å². The summed E-state index contributed by atoms with van der Waals surface area (Å²) in [5, 5.41) is 0.886. The van der Waals surface area contributed by atoms with Gasteiger partial charge in [-0.1, -0.05) is 207 Å². The first-order chi connectivity index (χ1) is 30.2. The first kappa shape index (κ1) is 52.6. The summed E-state index contributed by atoms with van der Waals surface area (Å²) in [5.41, 5.74) is 1.56. The Labute approximate surface area is 394 Å². The van der Waals surface area contributed by atoms with Crippen molar-refractivity contribution < 1.29 is 19.2 Å². The summed E-state index contributed by atoms with van der Waals surface area (Å²) in [6.07, 6.45) is 38.6. The highest BCUT2D eigenvalue weighted by molar-refractivity contribution is 9.11. The minimum Gasteiger partial charge on any atom is -0.274 e. The van der Waals surface area contributed by atoms with Gasteiger partial charge < -0.3 is 0 Å². The molecule has 0 fully saturated rings. The SMILES string of the molecule is CCCCCCCCCCC(CCCCCCCC)CN1C(=O)c2cc(Br)c3c4c(c(Br)cc(c24)C1=O)C(=O)N(CC(CCCCCCCC)CCCCCCCCCC)C3=O. The van der Waals surface area contributed by atoms with Crippen LogP contribution in [0.1, 0.15) is 275 Å². The van der Waals surface area contributed by atoms with Crippen molar-refractivity contribution in [3.05, 3.63) is 43.3 Å². The molecule has 2 unspecified atom stereocenters. The van der Waals surface area contributed by atoms with Crippen molar-refractivity contribution in [1.82, 2.24) is 9.80 Å². The van der Waals surface area contributed by atoms with Crippen LogP contribution < -0.4 is 0 Å². The fraction of sp³-hybridized carbons (Fsp3) is 0.741. The maximum absolute atomic E-state index is 14.6. The molecule has 2 aliphatic heterocycles. The molecule has 0 spiro atoms. The zero-order valence-corrected chi connectivity index (χ0v) is 42.8. The first-order valence-corrected chi connectivity index (χ1v) is 27.5. The molecule has 2 aromatic carbocycles. The van der Waals surface area contributed by atoms with Gasteiger partial charge in [-0.05, 0) is 81.5 Å². The van der Waals surface area contributed by atoms with E-state index in [1.54, 1.807) is 12.1 Å². The molecule has 0 aliphatic carbocycles. The summed E-state index contributed by atoms with van der Waals surface area (Å²) < 4.78 is 1.02. The van der Waals surface area contributed by atoms with E-state index in [1.807, 2.05) is 0 Å². The summed E-state index contributed by atoms with van der Waals surface area (Å²) in [5.74, 6) is -0.839. The molecule has 0 saturated heterocycles. The van der Waals surface area contributed by atoms with E-state index in [-0.39, 0.29) is 35.5 Å². The Morgan fingerprint density at radius 1 is 0.371 bits per heavy atom. The van der Waals surface area contributed by atoms with Crippen LogP contribution in [0, 0.1) is 11.8 Å². The second-order valence-corrected chi connectivity index (χ2v) is 20.8. The lowest BCUT2D eigenvalue weighted by atomic mass is 9.84. The molecule has 2 atom stereocenters. The van der Waals surface area contributed by atoms with Crippen molar-refractivity contribution in [2.75, 3.05) is 13.1 Å². The number of carbonyl (C=O) groups excluding carboxylic acids is 4. The number of hydrogen-bond acceptors (Lipinski definition) is 4. The average molecular weight is 985 g/mol. The summed E-state index contributed by atoms with van der Waals surface area (Å²) in [6.45, 7) is 9.78. The quantitative estimate of drug-likeness (QED) is 0.0504. The van der Waals surface area contributed by atoms with E-state index in [9.17, 15) is 19.2 Å². The Hall–Kier alpha value is -2.06. The number of rotatable bonds is 36. The van der Waals surface area contributed by atoms with Crippen LogP contribution in [0.15, 0.2) is 21.1 Å². The molecule has 2 aliphatic rings. The molecule has 0 aromatic heterocycles. The van der Waals surface area contributed by atoms with Gasteiger partial charge in [0.15, 0.2) is 0 Å². The largest absolute Gasteiger partial charge is 0.274 e. The molecular weight excluding hydrogens is 900 g/mol. The number of nitrogens with zero attached hydrogens (tertiary/aromatic N) is 2. The third-order valence-electron chi connectivity index (χ3n) is 13.9. The number of halogens is 2. The number of benzene rings is 2. The van der Waals surface area contributed by atoms with Gasteiger partial charge >= 0.3 is 0 Å². The molecule has 62 heavy (non-hydrogen) atoms. The Morgan fingerprint density at radius 3 is 0.919 bits per heavy atom. The van der Waals surface area contributed by atoms with Crippen LogP contribution in [-0.2, 0) is 0 Å². The van der Waals surface area contributed by atoms with E-state index in [0.29, 0.717) is 55.1 Å². The van der Waals surface area contributed by atoms with Crippen LogP contribution in [0.5, 0.6) is 0 Å². The lowest BCUT2D eigenvalue weighted by Gasteiger charge is -2.35. The van der Waals surface area contributed by atoms with Crippen molar-refractivity contribution in [3.8, 4) is 0 Å². The Kier molecular flexibility index (Phi) is 25.0. The highest BCUT2D eigenvalue weighted by atomic mass is 79.9. The van der Waals surface area contributed by atoms with Gasteiger partial charge in [0.05, 0.1) is 11.1 Å². The van der Waals surface area contributed by atoms with E-state index < -0.39 is 0 Å². The zero-order valence-electron chi connectivity index (χ0n) is 39.6. The fourth-order valence-electron chi connectivity index (χ4n) is 10.1. The molecule has 0 radical (unpaired) electrons. The summed E-state index contributed by atoms with van der Waals surface area (Å²) >= 11 is 7.46.